The predicted molar refractivity (Wildman–Crippen MR) is 184 cm³/mol. The number of imidazole rings is 1. The Morgan fingerprint density at radius 3 is 2.25 bits per heavy atom. The van der Waals surface area contributed by atoms with E-state index >= 15 is 0 Å². The molecule has 7 rings (SSSR count). The number of aromatic hydroxyl groups is 1. The summed E-state index contributed by atoms with van der Waals surface area (Å²) in [5, 5.41) is 41.9. The maximum absolute atomic E-state index is 14.3. The largest absolute Gasteiger partial charge is 0.508 e. The number of rotatable bonds is 15. The van der Waals surface area contributed by atoms with Crippen LogP contribution in [-0.2, 0) is 28.9 Å². The van der Waals surface area contributed by atoms with Crippen molar-refractivity contribution in [2.45, 2.75) is 96.2 Å². The summed E-state index contributed by atoms with van der Waals surface area (Å²) < 4.78 is 5.83. The highest BCUT2D eigenvalue weighted by molar-refractivity contribution is 5.91. The third kappa shape index (κ3) is 8.78. The Morgan fingerprint density at radius 2 is 1.67 bits per heavy atom. The summed E-state index contributed by atoms with van der Waals surface area (Å²) in [7, 11) is 0. The number of aryl methyl sites for hydroxylation is 2. The van der Waals surface area contributed by atoms with Crippen LogP contribution < -0.4 is 27.0 Å². The molecule has 0 spiro atoms. The van der Waals surface area contributed by atoms with E-state index in [9.17, 15) is 24.6 Å². The normalized spacial score (nSPS) is 23.6. The van der Waals surface area contributed by atoms with Gasteiger partial charge in [0.1, 0.15) is 23.9 Å². The molecular weight excluding hydrogens is 656 g/mol. The van der Waals surface area contributed by atoms with Crippen LogP contribution in [0.25, 0.3) is 0 Å². The molecule has 4 bridgehead atoms. The second-order valence-electron chi connectivity index (χ2n) is 14.9. The van der Waals surface area contributed by atoms with Gasteiger partial charge < -0.3 is 46.7 Å². The zero-order valence-corrected chi connectivity index (χ0v) is 29.0. The minimum Gasteiger partial charge on any atom is -0.508 e. The lowest BCUT2D eigenvalue weighted by molar-refractivity contribution is -0.130. The third-order valence-electron chi connectivity index (χ3n) is 10.8. The van der Waals surface area contributed by atoms with Crippen molar-refractivity contribution in [3.8, 4) is 5.75 Å². The van der Waals surface area contributed by atoms with E-state index in [2.05, 4.69) is 36.4 Å². The third-order valence-corrected chi connectivity index (χ3v) is 10.8. The van der Waals surface area contributed by atoms with Crippen molar-refractivity contribution < 1.29 is 29.1 Å². The van der Waals surface area contributed by atoms with Crippen molar-refractivity contribution in [2.24, 2.45) is 28.9 Å². The van der Waals surface area contributed by atoms with Gasteiger partial charge in [0.15, 0.2) is 11.8 Å². The first-order valence-electron chi connectivity index (χ1n) is 17.6. The van der Waals surface area contributed by atoms with Gasteiger partial charge in [0, 0.05) is 32.0 Å². The molecule has 51 heavy (non-hydrogen) atoms. The maximum Gasteiger partial charge on any atom is 0.405 e. The Balaban J connectivity index is 1.24. The number of aromatic amines is 1. The number of benzene rings is 1. The fourth-order valence-corrected chi connectivity index (χ4v) is 9.15. The van der Waals surface area contributed by atoms with Crippen molar-refractivity contribution in [3.63, 3.8) is 0 Å². The number of nitrogens with two attached hydrogens (primary N) is 1. The smallest absolute Gasteiger partial charge is 0.405 e. The van der Waals surface area contributed by atoms with E-state index in [1.807, 2.05) is 0 Å². The van der Waals surface area contributed by atoms with Gasteiger partial charge in [0.05, 0.1) is 12.0 Å². The molecule has 274 valence electrons. The molecule has 0 saturated heterocycles. The molecule has 4 aliphatic carbocycles. The van der Waals surface area contributed by atoms with Crippen LogP contribution in [0.15, 0.2) is 29.2 Å². The number of nitrogens with one attached hydrogen (secondary N) is 6. The number of guanidine groups is 1. The Hall–Kier alpha value is -5.15. The van der Waals surface area contributed by atoms with Crippen LogP contribution in [0.1, 0.15) is 85.1 Å². The van der Waals surface area contributed by atoms with Crippen LogP contribution in [0.4, 0.5) is 4.79 Å². The molecule has 16 heteroatoms. The Labute approximate surface area is 295 Å². The van der Waals surface area contributed by atoms with E-state index < -0.39 is 36.0 Å². The van der Waals surface area contributed by atoms with Crippen molar-refractivity contribution in [3.05, 3.63) is 58.8 Å². The van der Waals surface area contributed by atoms with Gasteiger partial charge in [-0.05, 0) is 111 Å². The standard InChI is InChI=1S/C35H48N10O6/c1-18-5-24(46)6-19(2)25(18)11-27(41-30(47)26(43-34(49)50)3-4-39-33(36)37)31(48)42-28(10-23-16-38-17-40-23)32-44-29(45-51-32)15-35-12-20-7-21(13-35)9-22(8-20)14-35/h5-6,16-17,20-22,26-28,43,46H,3-4,7-15H2,1-2H3,(H,38,40)(H,41,47)(H,42,48)(H,49,50)(H4,36,37,39)/t20?,21?,22?,26?,27?,28-,35?/m0/s1. The quantitative estimate of drug-likeness (QED) is 0.0820. The fraction of sp³-hybridized carbons (Fsp3) is 0.571. The van der Waals surface area contributed by atoms with Crippen LogP contribution in [0, 0.1) is 42.4 Å². The molecule has 3 amide bonds. The first kappa shape index (κ1) is 35.7. The van der Waals surface area contributed by atoms with Crippen molar-refractivity contribution in [1.82, 2.24) is 41.4 Å². The number of amides is 3. The minimum atomic E-state index is -1.43. The second kappa shape index (κ2) is 15.0. The first-order chi connectivity index (χ1) is 24.3. The number of hydrogen-bond donors (Lipinski definition) is 9. The lowest BCUT2D eigenvalue weighted by Crippen LogP contribution is -2.55. The number of carboxylic acid groups (broad SMARTS) is 1. The number of phenolic OH excluding ortho intramolecular Hbond substituents is 1. The molecule has 2 aromatic heterocycles. The number of carbonyl (C=O) groups excluding carboxylic acids is 2. The molecular formula is C35H48N10O6. The summed E-state index contributed by atoms with van der Waals surface area (Å²) in [5.74, 6) is 1.62. The predicted octanol–water partition coefficient (Wildman–Crippen LogP) is 2.51. The SMILES string of the molecule is Cc1cc(O)cc(C)c1CC(NC(=O)C(CCNC(=N)N)NC(=O)O)C(=O)N[C@@H](Cc1c[nH]cn1)c1nc(CC23CC4CC(CC(C4)C2)C3)no1. The van der Waals surface area contributed by atoms with E-state index in [-0.39, 0.29) is 48.8 Å². The first-order valence-corrected chi connectivity index (χ1v) is 17.6. The highest BCUT2D eigenvalue weighted by atomic mass is 16.5. The highest BCUT2D eigenvalue weighted by Gasteiger charge is 2.51. The lowest BCUT2D eigenvalue weighted by atomic mass is 9.49. The maximum atomic E-state index is 14.3. The zero-order valence-electron chi connectivity index (χ0n) is 29.0. The van der Waals surface area contributed by atoms with E-state index in [1.165, 1.54) is 44.9 Å². The molecule has 0 aliphatic heterocycles. The molecule has 4 fully saturated rings. The van der Waals surface area contributed by atoms with Crippen LogP contribution in [0.2, 0.25) is 0 Å². The summed E-state index contributed by atoms with van der Waals surface area (Å²) in [6.07, 6.45) is 10.3. The molecule has 3 atom stereocenters. The summed E-state index contributed by atoms with van der Waals surface area (Å²) in [6.45, 7) is 3.63. The second-order valence-corrected chi connectivity index (χ2v) is 14.9. The zero-order chi connectivity index (χ0) is 36.3. The van der Waals surface area contributed by atoms with E-state index in [0.29, 0.717) is 22.6 Å². The average Bonchev–Trinajstić information content (AvgIpc) is 3.72. The van der Waals surface area contributed by atoms with E-state index in [0.717, 1.165) is 29.7 Å². The number of nitrogens with zero attached hydrogens (tertiary/aromatic N) is 3. The van der Waals surface area contributed by atoms with Crippen LogP contribution in [0.5, 0.6) is 5.75 Å². The van der Waals surface area contributed by atoms with Gasteiger partial charge in [-0.25, -0.2) is 9.78 Å². The minimum absolute atomic E-state index is 0.0369. The van der Waals surface area contributed by atoms with Gasteiger partial charge in [-0.15, -0.1) is 0 Å². The molecule has 2 heterocycles. The Kier molecular flexibility index (Phi) is 10.5. The fourth-order valence-electron chi connectivity index (χ4n) is 9.15. The molecule has 3 aromatic rings. The van der Waals surface area contributed by atoms with Gasteiger partial charge >= 0.3 is 6.09 Å². The molecule has 4 saturated carbocycles. The van der Waals surface area contributed by atoms with Crippen molar-refractivity contribution >= 4 is 23.9 Å². The van der Waals surface area contributed by atoms with Gasteiger partial charge in [-0.1, -0.05) is 5.16 Å². The van der Waals surface area contributed by atoms with Crippen LogP contribution in [0.3, 0.4) is 0 Å². The molecule has 16 nitrogen and oxygen atoms in total. The summed E-state index contributed by atoms with van der Waals surface area (Å²) >= 11 is 0. The van der Waals surface area contributed by atoms with Gasteiger partial charge in [-0.3, -0.25) is 15.0 Å². The molecule has 4 aliphatic rings. The van der Waals surface area contributed by atoms with Crippen LogP contribution in [-0.4, -0.2) is 72.8 Å². The van der Waals surface area contributed by atoms with Gasteiger partial charge in [-0.2, -0.15) is 4.98 Å². The topological polar surface area (TPSA) is 257 Å². The molecule has 10 N–H and O–H groups in total. The molecule has 2 unspecified atom stereocenters. The molecule has 1 aromatic carbocycles. The number of carbonyl (C=O) groups is 3. The summed E-state index contributed by atoms with van der Waals surface area (Å²) in [4.78, 5) is 51.5. The highest BCUT2D eigenvalue weighted by Crippen LogP contribution is 2.60. The van der Waals surface area contributed by atoms with Crippen molar-refractivity contribution in [2.75, 3.05) is 6.54 Å². The Morgan fingerprint density at radius 1 is 1.02 bits per heavy atom. The number of hydrogen-bond acceptors (Lipinski definition) is 9. The van der Waals surface area contributed by atoms with E-state index in [1.54, 1.807) is 32.2 Å². The number of phenols is 1. The average molecular weight is 705 g/mol. The molecule has 0 radical (unpaired) electrons. The number of H-pyrrole nitrogens is 1. The summed E-state index contributed by atoms with van der Waals surface area (Å²) in [5.41, 5.74) is 8.35. The van der Waals surface area contributed by atoms with E-state index in [4.69, 9.17) is 20.7 Å². The van der Waals surface area contributed by atoms with Gasteiger partial charge in [0.2, 0.25) is 17.7 Å². The number of aromatic nitrogens is 4. The van der Waals surface area contributed by atoms with Crippen LogP contribution >= 0.6 is 0 Å². The summed E-state index contributed by atoms with van der Waals surface area (Å²) in [6, 6.07) is -0.0618. The van der Waals surface area contributed by atoms with Crippen molar-refractivity contribution in [1.29, 1.82) is 5.41 Å². The Bertz CT molecular complexity index is 1680. The van der Waals surface area contributed by atoms with Gasteiger partial charge in [0.25, 0.3) is 0 Å². The monoisotopic (exact) mass is 704 g/mol. The lowest BCUT2D eigenvalue weighted by Gasteiger charge is -2.56.